The first-order valence-electron chi connectivity index (χ1n) is 6.17. The topological polar surface area (TPSA) is 44.5 Å². The van der Waals surface area contributed by atoms with Gasteiger partial charge < -0.3 is 15.2 Å². The predicted octanol–water partition coefficient (Wildman–Crippen LogP) is 2.71. The molecule has 1 saturated carbocycles. The normalized spacial score (nSPS) is 16.4. The standard InChI is InChI=1S/C14H21NO2S/c1-16-11-7-13(18-3)12(17-2)6-10(11)8-14(9-15)4-5-14/h6-7H,4-5,8-9,15H2,1-3H3. The predicted molar refractivity (Wildman–Crippen MR) is 75.8 cm³/mol. The van der Waals surface area contributed by atoms with E-state index in [-0.39, 0.29) is 0 Å². The first-order valence-corrected chi connectivity index (χ1v) is 7.39. The lowest BCUT2D eigenvalue weighted by Crippen LogP contribution is -2.18. The summed E-state index contributed by atoms with van der Waals surface area (Å²) in [4.78, 5) is 1.11. The number of rotatable bonds is 6. The minimum Gasteiger partial charge on any atom is -0.496 e. The van der Waals surface area contributed by atoms with Gasteiger partial charge in [-0.2, -0.15) is 0 Å². The monoisotopic (exact) mass is 267 g/mol. The fraction of sp³-hybridized carbons (Fsp3) is 0.571. The van der Waals surface area contributed by atoms with Crippen LogP contribution in [0.1, 0.15) is 18.4 Å². The molecule has 1 aromatic rings. The van der Waals surface area contributed by atoms with Gasteiger partial charge in [0.25, 0.3) is 0 Å². The molecular weight excluding hydrogens is 246 g/mol. The Kier molecular flexibility index (Phi) is 4.07. The van der Waals surface area contributed by atoms with Crippen molar-refractivity contribution in [2.45, 2.75) is 24.2 Å². The lowest BCUT2D eigenvalue weighted by Gasteiger charge is -2.17. The zero-order valence-electron chi connectivity index (χ0n) is 11.3. The summed E-state index contributed by atoms with van der Waals surface area (Å²) < 4.78 is 10.9. The van der Waals surface area contributed by atoms with Gasteiger partial charge in [-0.15, -0.1) is 11.8 Å². The van der Waals surface area contributed by atoms with Crippen LogP contribution in [0.3, 0.4) is 0 Å². The van der Waals surface area contributed by atoms with E-state index in [1.807, 2.05) is 6.26 Å². The largest absolute Gasteiger partial charge is 0.496 e. The van der Waals surface area contributed by atoms with Crippen molar-refractivity contribution in [2.75, 3.05) is 27.0 Å². The molecule has 0 unspecified atom stereocenters. The van der Waals surface area contributed by atoms with Gasteiger partial charge in [0, 0.05) is 0 Å². The molecule has 0 bridgehead atoms. The Morgan fingerprint density at radius 3 is 2.33 bits per heavy atom. The maximum Gasteiger partial charge on any atom is 0.132 e. The number of ether oxygens (including phenoxy) is 2. The number of benzene rings is 1. The van der Waals surface area contributed by atoms with Crippen LogP contribution in [0.4, 0.5) is 0 Å². The van der Waals surface area contributed by atoms with E-state index < -0.39 is 0 Å². The Hall–Kier alpha value is -0.870. The SMILES string of the molecule is COc1cc(SC)c(OC)cc1CC1(CN)CC1. The molecule has 0 heterocycles. The Morgan fingerprint density at radius 2 is 1.89 bits per heavy atom. The van der Waals surface area contributed by atoms with Crippen LogP contribution in [0.5, 0.6) is 11.5 Å². The molecular formula is C14H21NO2S. The van der Waals surface area contributed by atoms with Crippen LogP contribution in [0, 0.1) is 5.41 Å². The molecule has 0 aromatic heterocycles. The van der Waals surface area contributed by atoms with E-state index in [2.05, 4.69) is 12.1 Å². The minimum atomic E-state index is 0.305. The molecule has 0 amide bonds. The summed E-state index contributed by atoms with van der Waals surface area (Å²) in [5.74, 6) is 1.87. The summed E-state index contributed by atoms with van der Waals surface area (Å²) in [5.41, 5.74) is 7.37. The van der Waals surface area contributed by atoms with E-state index in [0.29, 0.717) is 5.41 Å². The second-order valence-electron chi connectivity index (χ2n) is 4.90. The Morgan fingerprint density at radius 1 is 1.22 bits per heavy atom. The molecule has 1 aromatic carbocycles. The Bertz CT molecular complexity index is 430. The van der Waals surface area contributed by atoms with E-state index in [0.717, 1.165) is 29.4 Å². The van der Waals surface area contributed by atoms with Crippen molar-refractivity contribution in [3.8, 4) is 11.5 Å². The van der Waals surface area contributed by atoms with Crippen LogP contribution in [-0.4, -0.2) is 27.0 Å². The van der Waals surface area contributed by atoms with Gasteiger partial charge in [0.2, 0.25) is 0 Å². The maximum atomic E-state index is 5.86. The zero-order chi connectivity index (χ0) is 13.2. The van der Waals surface area contributed by atoms with Crippen LogP contribution < -0.4 is 15.2 Å². The summed E-state index contributed by atoms with van der Waals surface area (Å²) >= 11 is 1.67. The van der Waals surface area contributed by atoms with Crippen molar-refractivity contribution < 1.29 is 9.47 Å². The number of hydrogen-bond donors (Lipinski definition) is 1. The van der Waals surface area contributed by atoms with E-state index in [9.17, 15) is 0 Å². The smallest absolute Gasteiger partial charge is 0.132 e. The third kappa shape index (κ3) is 2.59. The van der Waals surface area contributed by atoms with Gasteiger partial charge in [-0.05, 0) is 55.2 Å². The van der Waals surface area contributed by atoms with E-state index in [1.165, 1.54) is 18.4 Å². The summed E-state index contributed by atoms with van der Waals surface area (Å²) in [5, 5.41) is 0. The number of nitrogens with two attached hydrogens (primary N) is 1. The highest BCUT2D eigenvalue weighted by atomic mass is 32.2. The molecule has 0 saturated heterocycles. The van der Waals surface area contributed by atoms with Gasteiger partial charge in [-0.25, -0.2) is 0 Å². The molecule has 2 rings (SSSR count). The van der Waals surface area contributed by atoms with Gasteiger partial charge in [0.1, 0.15) is 11.5 Å². The molecule has 0 spiro atoms. The average Bonchev–Trinajstić information content (AvgIpc) is 3.18. The molecule has 0 atom stereocenters. The van der Waals surface area contributed by atoms with Crippen LogP contribution in [0.2, 0.25) is 0 Å². The van der Waals surface area contributed by atoms with Crippen LogP contribution >= 0.6 is 11.8 Å². The number of hydrogen-bond acceptors (Lipinski definition) is 4. The molecule has 100 valence electrons. The average molecular weight is 267 g/mol. The zero-order valence-corrected chi connectivity index (χ0v) is 12.1. The summed E-state index contributed by atoms with van der Waals surface area (Å²) in [7, 11) is 3.43. The van der Waals surface area contributed by atoms with E-state index >= 15 is 0 Å². The first-order chi connectivity index (χ1) is 8.68. The third-order valence-electron chi connectivity index (χ3n) is 3.74. The summed E-state index contributed by atoms with van der Waals surface area (Å²) in [6, 6.07) is 4.16. The highest BCUT2D eigenvalue weighted by Crippen LogP contribution is 2.49. The van der Waals surface area contributed by atoms with Crippen molar-refractivity contribution in [1.82, 2.24) is 0 Å². The first kappa shape index (κ1) is 13.6. The van der Waals surface area contributed by atoms with Crippen LogP contribution in [0.25, 0.3) is 0 Å². The van der Waals surface area contributed by atoms with Crippen molar-refractivity contribution in [2.24, 2.45) is 11.1 Å². The highest BCUT2D eigenvalue weighted by Gasteiger charge is 2.41. The minimum absolute atomic E-state index is 0.305. The third-order valence-corrected chi connectivity index (χ3v) is 4.50. The molecule has 1 aliphatic carbocycles. The van der Waals surface area contributed by atoms with Gasteiger partial charge >= 0.3 is 0 Å². The fourth-order valence-electron chi connectivity index (χ4n) is 2.26. The van der Waals surface area contributed by atoms with Crippen molar-refractivity contribution in [1.29, 1.82) is 0 Å². The number of methoxy groups -OCH3 is 2. The molecule has 1 aliphatic rings. The molecule has 0 radical (unpaired) electrons. The van der Waals surface area contributed by atoms with Crippen molar-refractivity contribution in [3.63, 3.8) is 0 Å². The van der Waals surface area contributed by atoms with E-state index in [1.54, 1.807) is 26.0 Å². The van der Waals surface area contributed by atoms with Gasteiger partial charge in [-0.3, -0.25) is 0 Å². The van der Waals surface area contributed by atoms with Gasteiger partial charge in [0.05, 0.1) is 19.1 Å². The second kappa shape index (κ2) is 5.41. The van der Waals surface area contributed by atoms with Crippen LogP contribution in [-0.2, 0) is 6.42 Å². The summed E-state index contributed by atoms with van der Waals surface area (Å²) in [6.45, 7) is 0.753. The van der Waals surface area contributed by atoms with Gasteiger partial charge in [0.15, 0.2) is 0 Å². The number of thioether (sulfide) groups is 1. The quantitative estimate of drug-likeness (QED) is 0.805. The summed E-state index contributed by atoms with van der Waals surface area (Å²) in [6.07, 6.45) is 5.47. The molecule has 3 nitrogen and oxygen atoms in total. The molecule has 1 fully saturated rings. The molecule has 18 heavy (non-hydrogen) atoms. The Balaban J connectivity index is 2.33. The van der Waals surface area contributed by atoms with Crippen molar-refractivity contribution in [3.05, 3.63) is 17.7 Å². The van der Waals surface area contributed by atoms with Crippen molar-refractivity contribution >= 4 is 11.8 Å². The van der Waals surface area contributed by atoms with Crippen LogP contribution in [0.15, 0.2) is 17.0 Å². The fourth-order valence-corrected chi connectivity index (χ4v) is 2.83. The lowest BCUT2D eigenvalue weighted by molar-refractivity contribution is 0.385. The lowest BCUT2D eigenvalue weighted by atomic mass is 9.96. The second-order valence-corrected chi connectivity index (χ2v) is 5.75. The molecule has 0 aliphatic heterocycles. The Labute approximate surface area is 113 Å². The highest BCUT2D eigenvalue weighted by molar-refractivity contribution is 7.98. The maximum absolute atomic E-state index is 5.86. The van der Waals surface area contributed by atoms with E-state index in [4.69, 9.17) is 15.2 Å². The molecule has 4 heteroatoms. The molecule has 2 N–H and O–H groups in total. The van der Waals surface area contributed by atoms with Gasteiger partial charge in [-0.1, -0.05) is 0 Å².